The molecule has 0 aliphatic carbocycles. The van der Waals surface area contributed by atoms with Gasteiger partial charge in [0.2, 0.25) is 0 Å². The fourth-order valence-electron chi connectivity index (χ4n) is 7.72. The average molecular weight is 707 g/mol. The summed E-state index contributed by atoms with van der Waals surface area (Å²) in [6, 6.07) is 62.0. The van der Waals surface area contributed by atoms with Crippen molar-refractivity contribution in [1.29, 1.82) is 0 Å². The third kappa shape index (κ3) is 5.23. The lowest BCUT2D eigenvalue weighted by Crippen LogP contribution is -2.10. The minimum Gasteiger partial charge on any atom is -0.456 e. The molecule has 6 nitrogen and oxygen atoms in total. The van der Waals surface area contributed by atoms with Gasteiger partial charge in [-0.1, -0.05) is 133 Å². The van der Waals surface area contributed by atoms with E-state index in [2.05, 4.69) is 102 Å². The molecule has 0 radical (unpaired) electrons. The van der Waals surface area contributed by atoms with E-state index in [1.54, 1.807) is 0 Å². The molecule has 0 saturated carbocycles. The van der Waals surface area contributed by atoms with E-state index in [-0.39, 0.29) is 0 Å². The summed E-state index contributed by atoms with van der Waals surface area (Å²) in [7, 11) is 0. The Labute approximate surface area is 315 Å². The van der Waals surface area contributed by atoms with E-state index < -0.39 is 0 Å². The van der Waals surface area contributed by atoms with Crippen LogP contribution in [-0.4, -0.2) is 15.0 Å². The third-order valence-electron chi connectivity index (χ3n) is 10.3. The Kier molecular flexibility index (Phi) is 7.07. The monoisotopic (exact) mass is 706 g/mol. The van der Waals surface area contributed by atoms with E-state index in [0.29, 0.717) is 17.5 Å². The van der Waals surface area contributed by atoms with Crippen molar-refractivity contribution >= 4 is 71.7 Å². The van der Waals surface area contributed by atoms with Gasteiger partial charge >= 0.3 is 0 Å². The molecule has 3 aromatic heterocycles. The van der Waals surface area contributed by atoms with Gasteiger partial charge in [0.05, 0.1) is 11.4 Å². The van der Waals surface area contributed by atoms with Gasteiger partial charge in [0.1, 0.15) is 16.7 Å². The summed E-state index contributed by atoms with van der Waals surface area (Å²) in [5.41, 5.74) is 8.52. The van der Waals surface area contributed by atoms with Crippen LogP contribution in [-0.2, 0) is 0 Å². The first-order valence-corrected chi connectivity index (χ1v) is 18.3. The topological polar surface area (TPSA) is 68.2 Å². The summed E-state index contributed by atoms with van der Waals surface area (Å²) in [6.45, 7) is 0. The summed E-state index contributed by atoms with van der Waals surface area (Å²) in [6.07, 6.45) is 0. The van der Waals surface area contributed by atoms with Gasteiger partial charge in [-0.15, -0.1) is 0 Å². The van der Waals surface area contributed by atoms with Gasteiger partial charge < -0.3 is 13.7 Å². The third-order valence-corrected chi connectivity index (χ3v) is 10.3. The number of nitrogens with zero attached hydrogens (tertiary/aromatic N) is 4. The largest absolute Gasteiger partial charge is 0.456 e. The Bertz CT molecular complexity index is 3150. The molecular weight excluding hydrogens is 677 g/mol. The number of fused-ring (bicyclic) bond motifs is 7. The maximum atomic E-state index is 6.83. The lowest BCUT2D eigenvalue weighted by atomic mass is 10.0. The fourth-order valence-corrected chi connectivity index (χ4v) is 7.72. The zero-order valence-corrected chi connectivity index (χ0v) is 29.4. The van der Waals surface area contributed by atoms with E-state index in [0.717, 1.165) is 88.4 Å². The van der Waals surface area contributed by atoms with Crippen LogP contribution in [0.1, 0.15) is 0 Å². The molecule has 0 aliphatic rings. The number of hydrogen-bond donors (Lipinski definition) is 0. The molecule has 0 amide bonds. The average Bonchev–Trinajstić information content (AvgIpc) is 3.82. The highest BCUT2D eigenvalue weighted by atomic mass is 16.3. The zero-order chi connectivity index (χ0) is 36.3. The van der Waals surface area contributed by atoms with Crippen molar-refractivity contribution < 1.29 is 8.83 Å². The molecule has 0 fully saturated rings. The Morgan fingerprint density at radius 1 is 0.382 bits per heavy atom. The molecule has 0 N–H and O–H groups in total. The van der Waals surface area contributed by atoms with Crippen molar-refractivity contribution in [1.82, 2.24) is 15.0 Å². The minimum absolute atomic E-state index is 0.547. The number of hydrogen-bond acceptors (Lipinski definition) is 6. The van der Waals surface area contributed by atoms with Crippen LogP contribution in [0, 0.1) is 0 Å². The van der Waals surface area contributed by atoms with Crippen LogP contribution in [0.25, 0.3) is 88.8 Å². The molecule has 11 rings (SSSR count). The molecule has 258 valence electrons. The normalized spacial score (nSPS) is 11.6. The summed E-state index contributed by atoms with van der Waals surface area (Å²) in [5, 5.41) is 6.27. The van der Waals surface area contributed by atoms with Crippen LogP contribution < -0.4 is 4.90 Å². The summed E-state index contributed by atoms with van der Waals surface area (Å²) < 4.78 is 13.5. The van der Waals surface area contributed by atoms with Gasteiger partial charge in [-0.2, -0.15) is 0 Å². The summed E-state index contributed by atoms with van der Waals surface area (Å²) in [4.78, 5) is 17.7. The van der Waals surface area contributed by atoms with Crippen LogP contribution >= 0.6 is 0 Å². The van der Waals surface area contributed by atoms with Crippen LogP contribution in [0.2, 0.25) is 0 Å². The van der Waals surface area contributed by atoms with E-state index in [9.17, 15) is 0 Å². The first kappa shape index (κ1) is 31.0. The minimum atomic E-state index is 0.547. The molecule has 55 heavy (non-hydrogen) atoms. The van der Waals surface area contributed by atoms with Crippen molar-refractivity contribution in [2.75, 3.05) is 4.90 Å². The predicted molar refractivity (Wildman–Crippen MR) is 223 cm³/mol. The number of furan rings is 2. The fraction of sp³-hybridized carbons (Fsp3) is 0. The second-order valence-corrected chi connectivity index (χ2v) is 13.6. The van der Waals surface area contributed by atoms with Crippen molar-refractivity contribution in [3.63, 3.8) is 0 Å². The number of benzene rings is 8. The van der Waals surface area contributed by atoms with Crippen LogP contribution in [0.3, 0.4) is 0 Å². The SMILES string of the molecule is c1ccc(-c2nc(-c3ccccc3)nc(-c3cc(N(c4ccccc4)c4cccc5c4oc4ccccc45)cc4oc5cc6ccccc6cc5c34)n2)cc1. The van der Waals surface area contributed by atoms with Crippen LogP contribution in [0.5, 0.6) is 0 Å². The van der Waals surface area contributed by atoms with E-state index >= 15 is 0 Å². The molecule has 0 atom stereocenters. The van der Waals surface area contributed by atoms with Gasteiger partial charge in [-0.25, -0.2) is 15.0 Å². The van der Waals surface area contributed by atoms with Crippen molar-refractivity contribution in [2.24, 2.45) is 0 Å². The van der Waals surface area contributed by atoms with Gasteiger partial charge in [0, 0.05) is 50.0 Å². The Morgan fingerprint density at radius 3 is 1.71 bits per heavy atom. The Hall–Kier alpha value is -7.57. The van der Waals surface area contributed by atoms with Crippen molar-refractivity contribution in [2.45, 2.75) is 0 Å². The van der Waals surface area contributed by atoms with Crippen molar-refractivity contribution in [3.05, 3.63) is 182 Å². The smallest absolute Gasteiger partial charge is 0.164 e. The van der Waals surface area contributed by atoms with Crippen molar-refractivity contribution in [3.8, 4) is 34.2 Å². The Morgan fingerprint density at radius 2 is 0.982 bits per heavy atom. The van der Waals surface area contributed by atoms with Gasteiger partial charge in [0.25, 0.3) is 0 Å². The molecule has 6 heteroatoms. The Balaban J connectivity index is 1.24. The number of anilines is 3. The second-order valence-electron chi connectivity index (χ2n) is 13.6. The van der Waals surface area contributed by atoms with Gasteiger partial charge in [-0.05, 0) is 53.2 Å². The molecule has 8 aromatic carbocycles. The molecule has 0 bridgehead atoms. The lowest BCUT2D eigenvalue weighted by Gasteiger charge is -2.26. The van der Waals surface area contributed by atoms with E-state index in [4.69, 9.17) is 23.8 Å². The lowest BCUT2D eigenvalue weighted by molar-refractivity contribution is 0.668. The molecule has 0 aliphatic heterocycles. The summed E-state index contributed by atoms with van der Waals surface area (Å²) >= 11 is 0. The highest BCUT2D eigenvalue weighted by Gasteiger charge is 2.24. The van der Waals surface area contributed by atoms with Gasteiger partial charge in [0.15, 0.2) is 23.1 Å². The number of para-hydroxylation sites is 3. The van der Waals surface area contributed by atoms with Crippen LogP contribution in [0.15, 0.2) is 191 Å². The van der Waals surface area contributed by atoms with E-state index in [1.807, 2.05) is 84.9 Å². The highest BCUT2D eigenvalue weighted by molar-refractivity contribution is 6.17. The number of aromatic nitrogens is 3. The maximum Gasteiger partial charge on any atom is 0.164 e. The van der Waals surface area contributed by atoms with E-state index in [1.165, 1.54) is 0 Å². The molecule has 11 aromatic rings. The van der Waals surface area contributed by atoms with Crippen LogP contribution in [0.4, 0.5) is 17.1 Å². The molecule has 0 unspecified atom stereocenters. The standard InChI is InChI=1S/C49H30N4O2/c1-4-15-31(16-5-1)47-50-48(32-17-6-2-7-18-32)52-49(51-47)40-29-36(30-44-45(40)39-27-33-19-10-11-20-34(33)28-43(39)54-44)53(35-21-8-3-9-22-35)41-25-14-24-38-37-23-12-13-26-42(37)55-46(38)41/h1-30H. The second kappa shape index (κ2) is 12.5. The molecule has 0 spiro atoms. The first-order valence-electron chi connectivity index (χ1n) is 18.3. The van der Waals surface area contributed by atoms with Gasteiger partial charge in [-0.3, -0.25) is 0 Å². The summed E-state index contributed by atoms with van der Waals surface area (Å²) in [5.74, 6) is 1.73. The maximum absolute atomic E-state index is 6.83. The first-order chi connectivity index (χ1) is 27.2. The predicted octanol–water partition coefficient (Wildman–Crippen LogP) is 13.3. The quantitative estimate of drug-likeness (QED) is 0.171. The number of rotatable bonds is 6. The molecule has 3 heterocycles. The molecule has 0 saturated heterocycles. The zero-order valence-electron chi connectivity index (χ0n) is 29.4. The molecular formula is C49H30N4O2. The highest BCUT2D eigenvalue weighted by Crippen LogP contribution is 2.46.